The Balaban J connectivity index is 1.86. The molecule has 0 aliphatic carbocycles. The number of halogens is 2. The van der Waals surface area contributed by atoms with E-state index in [9.17, 15) is 18.4 Å². The highest BCUT2D eigenvalue weighted by Crippen LogP contribution is 2.22. The second-order valence-electron chi connectivity index (χ2n) is 5.65. The predicted molar refractivity (Wildman–Crippen MR) is 80.2 cm³/mol. The summed E-state index contributed by atoms with van der Waals surface area (Å²) in [6, 6.07) is 6.61. The number of carbonyl (C=O) groups is 2. The lowest BCUT2D eigenvalue weighted by Crippen LogP contribution is -2.42. The summed E-state index contributed by atoms with van der Waals surface area (Å²) in [5.41, 5.74) is 1.17. The van der Waals surface area contributed by atoms with Crippen LogP contribution in [-0.4, -0.2) is 42.7 Å². The molecule has 120 valence electrons. The van der Waals surface area contributed by atoms with E-state index in [1.807, 2.05) is 0 Å². The third kappa shape index (κ3) is 4.59. The number of piperidine rings is 1. The van der Waals surface area contributed by atoms with E-state index in [0.29, 0.717) is 30.6 Å². The second-order valence-corrected chi connectivity index (χ2v) is 5.65. The maximum absolute atomic E-state index is 12.7. The zero-order valence-corrected chi connectivity index (χ0v) is 12.5. The maximum atomic E-state index is 12.7. The molecule has 0 saturated carbocycles. The number of nitrogens with one attached hydrogen (secondary N) is 1. The maximum Gasteiger partial charge on any atom is 0.242 e. The lowest BCUT2D eigenvalue weighted by Gasteiger charge is -2.31. The SMILES string of the molecule is CC(=O)c1ccc(NC(=O)CN2CCCC(C(F)F)C2)cc1. The Kier molecular flexibility index (Phi) is 5.60. The lowest BCUT2D eigenvalue weighted by atomic mass is 9.99. The summed E-state index contributed by atoms with van der Waals surface area (Å²) in [5, 5.41) is 2.72. The molecule has 6 heteroatoms. The number of Topliss-reactive ketones (excluding diaryl/α,β-unsaturated/α-hetero) is 1. The number of benzene rings is 1. The fourth-order valence-corrected chi connectivity index (χ4v) is 2.63. The quantitative estimate of drug-likeness (QED) is 0.851. The highest BCUT2D eigenvalue weighted by atomic mass is 19.3. The molecule has 1 N–H and O–H groups in total. The van der Waals surface area contributed by atoms with Gasteiger partial charge in [0, 0.05) is 23.7 Å². The molecule has 1 saturated heterocycles. The van der Waals surface area contributed by atoms with E-state index >= 15 is 0 Å². The molecular weight excluding hydrogens is 290 g/mol. The van der Waals surface area contributed by atoms with Crippen molar-refractivity contribution in [3.05, 3.63) is 29.8 Å². The first-order valence-corrected chi connectivity index (χ1v) is 7.37. The molecule has 4 nitrogen and oxygen atoms in total. The number of alkyl halides is 2. The molecule has 0 spiro atoms. The van der Waals surface area contributed by atoms with Crippen LogP contribution in [-0.2, 0) is 4.79 Å². The van der Waals surface area contributed by atoms with Gasteiger partial charge in [0.15, 0.2) is 5.78 Å². The number of carbonyl (C=O) groups excluding carboxylic acids is 2. The van der Waals surface area contributed by atoms with Crippen LogP contribution in [0.3, 0.4) is 0 Å². The van der Waals surface area contributed by atoms with Crippen LogP contribution >= 0.6 is 0 Å². The fraction of sp³-hybridized carbons (Fsp3) is 0.500. The Labute approximate surface area is 128 Å². The van der Waals surface area contributed by atoms with Crippen LogP contribution < -0.4 is 5.32 Å². The number of likely N-dealkylation sites (tertiary alicyclic amines) is 1. The number of anilines is 1. The van der Waals surface area contributed by atoms with Crippen molar-refractivity contribution >= 4 is 17.4 Å². The van der Waals surface area contributed by atoms with Gasteiger partial charge in [-0.2, -0.15) is 0 Å². The normalized spacial score (nSPS) is 19.2. The van der Waals surface area contributed by atoms with Crippen molar-refractivity contribution in [3.8, 4) is 0 Å². The van der Waals surface area contributed by atoms with Crippen LogP contribution in [0.4, 0.5) is 14.5 Å². The van der Waals surface area contributed by atoms with Crippen molar-refractivity contribution in [2.75, 3.05) is 25.0 Å². The predicted octanol–water partition coefficient (Wildman–Crippen LogP) is 2.80. The van der Waals surface area contributed by atoms with E-state index in [1.165, 1.54) is 6.92 Å². The van der Waals surface area contributed by atoms with Crippen LogP contribution in [0.5, 0.6) is 0 Å². The van der Waals surface area contributed by atoms with E-state index < -0.39 is 12.3 Å². The van der Waals surface area contributed by atoms with Gasteiger partial charge < -0.3 is 5.32 Å². The van der Waals surface area contributed by atoms with Gasteiger partial charge >= 0.3 is 0 Å². The average Bonchev–Trinajstić information content (AvgIpc) is 2.47. The van der Waals surface area contributed by atoms with E-state index in [4.69, 9.17) is 0 Å². The largest absolute Gasteiger partial charge is 0.325 e. The van der Waals surface area contributed by atoms with Gasteiger partial charge in [0.05, 0.1) is 6.54 Å². The van der Waals surface area contributed by atoms with E-state index in [-0.39, 0.29) is 24.8 Å². The lowest BCUT2D eigenvalue weighted by molar-refractivity contribution is -0.118. The van der Waals surface area contributed by atoms with Gasteiger partial charge in [-0.1, -0.05) is 0 Å². The Morgan fingerprint density at radius 2 is 2.00 bits per heavy atom. The number of ketones is 1. The minimum Gasteiger partial charge on any atom is -0.325 e. The number of rotatable bonds is 5. The van der Waals surface area contributed by atoms with E-state index in [0.717, 1.165) is 0 Å². The van der Waals surface area contributed by atoms with Gasteiger partial charge in [0.25, 0.3) is 0 Å². The van der Waals surface area contributed by atoms with Crippen LogP contribution in [0.1, 0.15) is 30.1 Å². The second kappa shape index (κ2) is 7.45. The number of nitrogens with zero attached hydrogens (tertiary/aromatic N) is 1. The molecule has 1 aromatic carbocycles. The molecule has 2 rings (SSSR count). The van der Waals surface area contributed by atoms with Crippen LogP contribution in [0.2, 0.25) is 0 Å². The van der Waals surface area contributed by atoms with Crippen molar-refractivity contribution < 1.29 is 18.4 Å². The molecule has 0 bridgehead atoms. The van der Waals surface area contributed by atoms with Crippen molar-refractivity contribution in [1.29, 1.82) is 0 Å². The number of amides is 1. The summed E-state index contributed by atoms with van der Waals surface area (Å²) >= 11 is 0. The van der Waals surface area contributed by atoms with Gasteiger partial charge in [-0.3, -0.25) is 14.5 Å². The summed E-state index contributed by atoms with van der Waals surface area (Å²) < 4.78 is 25.5. The van der Waals surface area contributed by atoms with Crippen molar-refractivity contribution in [2.45, 2.75) is 26.2 Å². The average molecular weight is 310 g/mol. The molecule has 0 radical (unpaired) electrons. The summed E-state index contributed by atoms with van der Waals surface area (Å²) in [4.78, 5) is 24.9. The zero-order valence-electron chi connectivity index (χ0n) is 12.5. The summed E-state index contributed by atoms with van der Waals surface area (Å²) in [7, 11) is 0. The molecule has 1 fully saturated rings. The molecule has 1 heterocycles. The molecule has 1 amide bonds. The molecular formula is C16H20F2N2O2. The Hall–Kier alpha value is -1.82. The molecule has 1 aliphatic rings. The molecule has 1 aromatic rings. The van der Waals surface area contributed by atoms with Crippen molar-refractivity contribution in [2.24, 2.45) is 5.92 Å². The molecule has 22 heavy (non-hydrogen) atoms. The van der Waals surface area contributed by atoms with Gasteiger partial charge in [0.1, 0.15) is 0 Å². The minimum atomic E-state index is -2.33. The molecule has 1 aliphatic heterocycles. The van der Waals surface area contributed by atoms with E-state index in [1.54, 1.807) is 29.2 Å². The third-order valence-corrected chi connectivity index (χ3v) is 3.84. The topological polar surface area (TPSA) is 49.4 Å². The smallest absolute Gasteiger partial charge is 0.242 e. The Morgan fingerprint density at radius 3 is 2.59 bits per heavy atom. The van der Waals surface area contributed by atoms with Crippen molar-refractivity contribution in [1.82, 2.24) is 4.90 Å². The minimum absolute atomic E-state index is 0.0377. The molecule has 0 aromatic heterocycles. The first kappa shape index (κ1) is 16.5. The van der Waals surface area contributed by atoms with Crippen molar-refractivity contribution in [3.63, 3.8) is 0 Å². The number of hydrogen-bond donors (Lipinski definition) is 1. The van der Waals surface area contributed by atoms with Gasteiger partial charge in [-0.05, 0) is 50.6 Å². The highest BCUT2D eigenvalue weighted by Gasteiger charge is 2.27. The summed E-state index contributed by atoms with van der Waals surface area (Å²) in [5.74, 6) is -0.911. The first-order chi connectivity index (χ1) is 10.5. The highest BCUT2D eigenvalue weighted by molar-refractivity contribution is 5.96. The Morgan fingerprint density at radius 1 is 1.32 bits per heavy atom. The van der Waals surface area contributed by atoms with Crippen LogP contribution in [0, 0.1) is 5.92 Å². The Bertz CT molecular complexity index is 531. The molecule has 1 unspecified atom stereocenters. The third-order valence-electron chi connectivity index (χ3n) is 3.84. The molecule has 1 atom stereocenters. The number of hydrogen-bond acceptors (Lipinski definition) is 3. The van der Waals surface area contributed by atoms with E-state index in [2.05, 4.69) is 5.32 Å². The summed E-state index contributed by atoms with van der Waals surface area (Å²) in [6.07, 6.45) is -1.12. The summed E-state index contributed by atoms with van der Waals surface area (Å²) in [6.45, 7) is 2.51. The monoisotopic (exact) mass is 310 g/mol. The first-order valence-electron chi connectivity index (χ1n) is 7.37. The standard InChI is InChI=1S/C16H20F2N2O2/c1-11(21)12-4-6-14(7-5-12)19-15(22)10-20-8-2-3-13(9-20)16(17)18/h4-7,13,16H,2-3,8-10H2,1H3,(H,19,22). The van der Waals surface area contributed by atoms with Gasteiger partial charge in [-0.15, -0.1) is 0 Å². The van der Waals surface area contributed by atoms with Crippen LogP contribution in [0.25, 0.3) is 0 Å². The fourth-order valence-electron chi connectivity index (χ4n) is 2.63. The zero-order chi connectivity index (χ0) is 16.1. The van der Waals surface area contributed by atoms with Crippen LogP contribution in [0.15, 0.2) is 24.3 Å². The van der Waals surface area contributed by atoms with Gasteiger partial charge in [-0.25, -0.2) is 8.78 Å². The van der Waals surface area contributed by atoms with Gasteiger partial charge in [0.2, 0.25) is 12.3 Å².